The molecule has 10 heteroatoms. The lowest BCUT2D eigenvalue weighted by molar-refractivity contribution is -0.140. The number of nitrogens with zero attached hydrogens (tertiary/aromatic N) is 4. The molecular formula is C29H34N4O6. The molecule has 10 nitrogen and oxygen atoms in total. The molecule has 2 heterocycles. The summed E-state index contributed by atoms with van der Waals surface area (Å²) in [6, 6.07) is 17.3. The van der Waals surface area contributed by atoms with E-state index in [2.05, 4.69) is 14.7 Å². The maximum Gasteiger partial charge on any atom is 0.358 e. The fourth-order valence-electron chi connectivity index (χ4n) is 4.58. The lowest BCUT2D eigenvalue weighted by Crippen LogP contribution is -2.48. The first-order valence-corrected chi connectivity index (χ1v) is 13.1. The first kappa shape index (κ1) is 27.7. The van der Waals surface area contributed by atoms with Crippen molar-refractivity contribution in [3.8, 4) is 22.7 Å². The zero-order chi connectivity index (χ0) is 27.8. The molecule has 1 aliphatic rings. The summed E-state index contributed by atoms with van der Waals surface area (Å²) in [7, 11) is 2.95. The van der Waals surface area contributed by atoms with E-state index in [4.69, 9.17) is 9.47 Å². The highest BCUT2D eigenvalue weighted by molar-refractivity contribution is 5.89. The molecule has 0 bridgehead atoms. The van der Waals surface area contributed by atoms with E-state index in [-0.39, 0.29) is 30.6 Å². The van der Waals surface area contributed by atoms with E-state index in [1.54, 1.807) is 24.8 Å². The molecule has 2 aromatic carbocycles. The van der Waals surface area contributed by atoms with Crippen LogP contribution in [0.5, 0.6) is 5.75 Å². The van der Waals surface area contributed by atoms with Gasteiger partial charge in [-0.3, -0.25) is 9.59 Å². The number of esters is 2. The van der Waals surface area contributed by atoms with Crippen LogP contribution in [0.1, 0.15) is 36.7 Å². The van der Waals surface area contributed by atoms with E-state index >= 15 is 0 Å². The molecule has 206 valence electrons. The van der Waals surface area contributed by atoms with Crippen molar-refractivity contribution in [1.29, 1.82) is 0 Å². The van der Waals surface area contributed by atoms with Crippen LogP contribution in [0, 0.1) is 0 Å². The van der Waals surface area contributed by atoms with Gasteiger partial charge in [0.15, 0.2) is 5.69 Å². The Bertz CT molecular complexity index is 1300. The van der Waals surface area contributed by atoms with Gasteiger partial charge in [-0.05, 0) is 43.7 Å². The third kappa shape index (κ3) is 6.57. The van der Waals surface area contributed by atoms with E-state index in [0.29, 0.717) is 50.5 Å². The van der Waals surface area contributed by atoms with Crippen molar-refractivity contribution in [2.45, 2.75) is 26.2 Å². The van der Waals surface area contributed by atoms with Crippen LogP contribution in [0.25, 0.3) is 16.9 Å². The Hall–Kier alpha value is -4.34. The number of carbonyl (C=O) groups is 3. The van der Waals surface area contributed by atoms with E-state index in [1.807, 2.05) is 53.4 Å². The molecule has 0 unspecified atom stereocenters. The number of amides is 1. The Morgan fingerprint density at radius 2 is 1.64 bits per heavy atom. The van der Waals surface area contributed by atoms with Gasteiger partial charge in [-0.1, -0.05) is 24.3 Å². The van der Waals surface area contributed by atoms with Crippen LogP contribution in [-0.4, -0.2) is 79.5 Å². The maximum absolute atomic E-state index is 12.5. The number of carbonyl (C=O) groups excluding carboxylic acids is 3. The normalized spacial score (nSPS) is 13.2. The Morgan fingerprint density at radius 1 is 0.923 bits per heavy atom. The van der Waals surface area contributed by atoms with E-state index in [1.165, 1.54) is 7.11 Å². The molecular weight excluding hydrogens is 500 g/mol. The molecule has 39 heavy (non-hydrogen) atoms. The molecule has 0 saturated carbocycles. The number of benzene rings is 2. The molecule has 1 saturated heterocycles. The molecule has 0 N–H and O–H groups in total. The van der Waals surface area contributed by atoms with Crippen molar-refractivity contribution in [2.75, 3.05) is 51.9 Å². The van der Waals surface area contributed by atoms with Crippen LogP contribution >= 0.6 is 0 Å². The molecule has 0 spiro atoms. The van der Waals surface area contributed by atoms with E-state index < -0.39 is 5.97 Å². The minimum Gasteiger partial charge on any atom is -0.494 e. The first-order chi connectivity index (χ1) is 18.9. The topological polar surface area (TPSA) is 103 Å². The van der Waals surface area contributed by atoms with Gasteiger partial charge >= 0.3 is 11.9 Å². The minimum atomic E-state index is -0.485. The molecule has 1 amide bonds. The van der Waals surface area contributed by atoms with Gasteiger partial charge in [0.1, 0.15) is 11.4 Å². The Kier molecular flexibility index (Phi) is 9.19. The number of ether oxygens (including phenoxy) is 3. The summed E-state index contributed by atoms with van der Waals surface area (Å²) in [5.74, 6) is -0.0802. The summed E-state index contributed by atoms with van der Waals surface area (Å²) in [4.78, 5) is 40.4. The second-order valence-corrected chi connectivity index (χ2v) is 9.06. The predicted molar refractivity (Wildman–Crippen MR) is 146 cm³/mol. The van der Waals surface area contributed by atoms with Crippen molar-refractivity contribution >= 4 is 23.5 Å². The van der Waals surface area contributed by atoms with Gasteiger partial charge in [0.2, 0.25) is 5.91 Å². The van der Waals surface area contributed by atoms with Crippen LogP contribution < -0.4 is 9.64 Å². The number of methoxy groups -OCH3 is 2. The summed E-state index contributed by atoms with van der Waals surface area (Å²) < 4.78 is 17.1. The Morgan fingerprint density at radius 3 is 2.31 bits per heavy atom. The fourth-order valence-corrected chi connectivity index (χ4v) is 4.58. The van der Waals surface area contributed by atoms with Gasteiger partial charge < -0.3 is 24.0 Å². The third-order valence-corrected chi connectivity index (χ3v) is 6.67. The highest BCUT2D eigenvalue weighted by Crippen LogP contribution is 2.31. The van der Waals surface area contributed by atoms with Gasteiger partial charge in [-0.2, -0.15) is 5.10 Å². The van der Waals surface area contributed by atoms with Gasteiger partial charge in [0.05, 0.1) is 26.5 Å². The zero-order valence-electron chi connectivity index (χ0n) is 22.6. The summed E-state index contributed by atoms with van der Waals surface area (Å²) in [6.45, 7) is 4.71. The van der Waals surface area contributed by atoms with Crippen LogP contribution in [-0.2, 0) is 19.1 Å². The van der Waals surface area contributed by atoms with Crippen LogP contribution in [0.4, 0.5) is 5.69 Å². The average molecular weight is 535 g/mol. The van der Waals surface area contributed by atoms with Crippen molar-refractivity contribution in [2.24, 2.45) is 0 Å². The lowest BCUT2D eigenvalue weighted by Gasteiger charge is -2.36. The SMILES string of the molecule is CCOC(=O)c1cc(-c2ccc(N3CCN(C(=O)CCCC(=O)OC)CC3)cc2)n(-c2ccccc2OC)n1. The van der Waals surface area contributed by atoms with Crippen LogP contribution in [0.2, 0.25) is 0 Å². The molecule has 0 aliphatic carbocycles. The number of anilines is 1. The van der Waals surface area contributed by atoms with Crippen LogP contribution in [0.15, 0.2) is 54.6 Å². The predicted octanol–water partition coefficient (Wildman–Crippen LogP) is 3.72. The minimum absolute atomic E-state index is 0.0657. The number of para-hydroxylation sites is 2. The van der Waals surface area contributed by atoms with Crippen molar-refractivity contribution in [1.82, 2.24) is 14.7 Å². The van der Waals surface area contributed by atoms with Gasteiger partial charge in [0, 0.05) is 50.3 Å². The maximum atomic E-state index is 12.5. The first-order valence-electron chi connectivity index (χ1n) is 13.1. The monoisotopic (exact) mass is 534 g/mol. The highest BCUT2D eigenvalue weighted by Gasteiger charge is 2.23. The van der Waals surface area contributed by atoms with Crippen molar-refractivity contribution < 1.29 is 28.6 Å². The smallest absolute Gasteiger partial charge is 0.358 e. The van der Waals surface area contributed by atoms with Crippen molar-refractivity contribution in [3.05, 3.63) is 60.3 Å². The number of aromatic nitrogens is 2. The second-order valence-electron chi connectivity index (χ2n) is 9.06. The fraction of sp³-hybridized carbons (Fsp3) is 0.379. The highest BCUT2D eigenvalue weighted by atomic mass is 16.5. The molecule has 0 atom stereocenters. The summed E-state index contributed by atoms with van der Waals surface area (Å²) in [6.07, 6.45) is 1.10. The quantitative estimate of drug-likeness (QED) is 0.363. The number of hydrogen-bond acceptors (Lipinski definition) is 8. The molecule has 4 rings (SSSR count). The average Bonchev–Trinajstić information content (AvgIpc) is 3.43. The van der Waals surface area contributed by atoms with E-state index in [9.17, 15) is 14.4 Å². The number of hydrogen-bond donors (Lipinski definition) is 0. The molecule has 0 radical (unpaired) electrons. The summed E-state index contributed by atoms with van der Waals surface area (Å²) >= 11 is 0. The van der Waals surface area contributed by atoms with Crippen molar-refractivity contribution in [3.63, 3.8) is 0 Å². The van der Waals surface area contributed by atoms with E-state index in [0.717, 1.165) is 16.9 Å². The molecule has 1 aromatic heterocycles. The lowest BCUT2D eigenvalue weighted by atomic mass is 10.1. The molecule has 1 fully saturated rings. The standard InChI is InChI=1S/C29H34N4O6/c1-4-39-29(36)23-20-25(33(30-23)24-8-5-6-9-26(24)37-2)21-12-14-22(15-13-21)31-16-18-32(19-17-31)27(34)10-7-11-28(35)38-3/h5-6,8-9,12-15,20H,4,7,10-11,16-19H2,1-3H3. The van der Waals surface area contributed by atoms with Gasteiger partial charge in [0.25, 0.3) is 0 Å². The number of rotatable bonds is 10. The Balaban J connectivity index is 1.48. The number of piperazine rings is 1. The molecule has 3 aromatic rings. The summed E-state index contributed by atoms with van der Waals surface area (Å²) in [5.41, 5.74) is 3.59. The largest absolute Gasteiger partial charge is 0.494 e. The second kappa shape index (κ2) is 12.9. The van der Waals surface area contributed by atoms with Crippen LogP contribution in [0.3, 0.4) is 0 Å². The van der Waals surface area contributed by atoms with Gasteiger partial charge in [-0.15, -0.1) is 0 Å². The van der Waals surface area contributed by atoms with Gasteiger partial charge in [-0.25, -0.2) is 9.48 Å². The molecule has 1 aliphatic heterocycles. The Labute approximate surface area is 228 Å². The summed E-state index contributed by atoms with van der Waals surface area (Å²) in [5, 5.41) is 4.55. The zero-order valence-corrected chi connectivity index (χ0v) is 22.6. The third-order valence-electron chi connectivity index (χ3n) is 6.67.